The lowest BCUT2D eigenvalue weighted by Crippen LogP contribution is -2.12. The smallest absolute Gasteiger partial charge is 0.337 e. The number of carbonyl (C=O) groups is 2. The Kier molecular flexibility index (Phi) is 3.54. The van der Waals surface area contributed by atoms with Crippen LogP contribution in [0.25, 0.3) is 11.6 Å². The first-order chi connectivity index (χ1) is 11.2. The fourth-order valence-electron chi connectivity index (χ4n) is 2.52. The van der Waals surface area contributed by atoms with Gasteiger partial charge in [0.1, 0.15) is 0 Å². The highest BCUT2D eigenvalue weighted by Crippen LogP contribution is 2.35. The Labute approximate surface area is 137 Å². The van der Waals surface area contributed by atoms with Crippen molar-refractivity contribution in [3.05, 3.63) is 46.8 Å². The van der Waals surface area contributed by atoms with Crippen LogP contribution in [0.15, 0.2) is 29.3 Å². The number of nitrogens with two attached hydrogens (primary N) is 1. The Morgan fingerprint density at radius 3 is 2.62 bits per heavy atom. The molecule has 1 aromatic heterocycles. The third-order valence-corrected chi connectivity index (χ3v) is 4.71. The van der Waals surface area contributed by atoms with Crippen molar-refractivity contribution in [3.8, 4) is 0 Å². The maximum atomic E-state index is 12.2. The second-order valence-electron chi connectivity index (χ2n) is 5.31. The first-order valence-electron chi connectivity index (χ1n) is 6.80. The predicted octanol–water partition coefficient (Wildman–Crippen LogP) is 1.16. The minimum atomic E-state index is -3.91. The molecule has 124 valence electrons. The minimum absolute atomic E-state index is 0.0961. The van der Waals surface area contributed by atoms with Crippen molar-refractivity contribution in [1.82, 2.24) is 4.98 Å². The van der Waals surface area contributed by atoms with Crippen molar-refractivity contribution < 1.29 is 23.1 Å². The normalized spacial score (nSPS) is 15.4. The molecule has 24 heavy (non-hydrogen) atoms. The molecule has 0 unspecified atom stereocenters. The zero-order chi connectivity index (χ0) is 17.6. The summed E-state index contributed by atoms with van der Waals surface area (Å²) in [5.41, 5.74) is 2.08. The molecule has 2 aromatic rings. The van der Waals surface area contributed by atoms with E-state index < -0.39 is 21.9 Å². The Morgan fingerprint density at radius 2 is 2.04 bits per heavy atom. The molecule has 1 aromatic carbocycles. The average molecular weight is 347 g/mol. The summed E-state index contributed by atoms with van der Waals surface area (Å²) in [5.74, 6) is -1.50. The summed E-state index contributed by atoms with van der Waals surface area (Å²) < 4.78 is 23.0. The van der Waals surface area contributed by atoms with Crippen molar-refractivity contribution in [2.45, 2.75) is 11.8 Å². The molecule has 0 saturated heterocycles. The highest BCUT2D eigenvalue weighted by molar-refractivity contribution is 7.89. The van der Waals surface area contributed by atoms with Gasteiger partial charge >= 0.3 is 5.97 Å². The third kappa shape index (κ3) is 2.59. The number of hydrogen-bond acceptors (Lipinski definition) is 4. The summed E-state index contributed by atoms with van der Waals surface area (Å²) in [6.45, 7) is 1.61. The van der Waals surface area contributed by atoms with Gasteiger partial charge in [0.15, 0.2) is 0 Å². The number of carboxylic acid groups (broad SMARTS) is 1. The quantitative estimate of drug-likeness (QED) is 0.616. The number of hydrogen-bond donors (Lipinski definition) is 4. The number of aromatic amines is 1. The number of aromatic nitrogens is 1. The Bertz CT molecular complexity index is 1020. The zero-order valence-electron chi connectivity index (χ0n) is 12.5. The first-order valence-corrected chi connectivity index (χ1v) is 8.34. The maximum Gasteiger partial charge on any atom is 0.337 e. The van der Waals surface area contributed by atoms with Crippen molar-refractivity contribution in [2.75, 3.05) is 5.32 Å². The SMILES string of the molecule is Cc1c(C(=O)O)c[nH]c1C=C1C(=O)Nc2ccc(S(N)(=O)=O)cc21. The first kappa shape index (κ1) is 16.0. The topological polar surface area (TPSA) is 142 Å². The van der Waals surface area contributed by atoms with E-state index in [1.165, 1.54) is 30.5 Å². The Hall–Kier alpha value is -2.91. The third-order valence-electron chi connectivity index (χ3n) is 3.80. The predicted molar refractivity (Wildman–Crippen MR) is 86.8 cm³/mol. The molecule has 2 heterocycles. The Morgan fingerprint density at radius 1 is 1.33 bits per heavy atom. The fourth-order valence-corrected chi connectivity index (χ4v) is 3.06. The lowest BCUT2D eigenvalue weighted by Gasteiger charge is -2.02. The van der Waals surface area contributed by atoms with Crippen LogP contribution in [0.1, 0.15) is 27.2 Å². The van der Waals surface area contributed by atoms with Crippen LogP contribution in [0.2, 0.25) is 0 Å². The van der Waals surface area contributed by atoms with E-state index in [1.54, 1.807) is 6.92 Å². The summed E-state index contributed by atoms with van der Waals surface area (Å²) in [6, 6.07) is 4.07. The van der Waals surface area contributed by atoms with Crippen LogP contribution in [0.3, 0.4) is 0 Å². The van der Waals surface area contributed by atoms with Gasteiger partial charge in [-0.2, -0.15) is 0 Å². The van der Waals surface area contributed by atoms with Crippen molar-refractivity contribution in [3.63, 3.8) is 0 Å². The van der Waals surface area contributed by atoms with E-state index in [9.17, 15) is 18.0 Å². The fraction of sp³-hybridized carbons (Fsp3) is 0.0667. The lowest BCUT2D eigenvalue weighted by atomic mass is 10.0. The number of carbonyl (C=O) groups excluding carboxylic acids is 1. The van der Waals surface area contributed by atoms with Crippen LogP contribution in [-0.2, 0) is 14.8 Å². The molecule has 5 N–H and O–H groups in total. The summed E-state index contributed by atoms with van der Waals surface area (Å²) in [4.78, 5) is 25.9. The van der Waals surface area contributed by atoms with Gasteiger partial charge in [-0.1, -0.05) is 0 Å². The molecule has 0 spiro atoms. The molecule has 3 rings (SSSR count). The molecular weight excluding hydrogens is 334 g/mol. The number of sulfonamides is 1. The molecule has 8 nitrogen and oxygen atoms in total. The number of aromatic carboxylic acids is 1. The number of fused-ring (bicyclic) bond motifs is 1. The van der Waals surface area contributed by atoms with Crippen molar-refractivity contribution in [2.24, 2.45) is 5.14 Å². The molecule has 0 atom stereocenters. The number of primary sulfonamides is 1. The minimum Gasteiger partial charge on any atom is -0.478 e. The monoisotopic (exact) mass is 347 g/mol. The highest BCUT2D eigenvalue weighted by atomic mass is 32.2. The number of rotatable bonds is 3. The largest absolute Gasteiger partial charge is 0.478 e. The van der Waals surface area contributed by atoms with Gasteiger partial charge in [-0.05, 0) is 36.8 Å². The summed E-state index contributed by atoms with van der Waals surface area (Å²) >= 11 is 0. The van der Waals surface area contributed by atoms with Crippen LogP contribution in [-0.4, -0.2) is 30.4 Å². The van der Waals surface area contributed by atoms with Gasteiger partial charge in [0.05, 0.1) is 16.0 Å². The molecule has 0 saturated carbocycles. The van der Waals surface area contributed by atoms with Gasteiger partial charge in [0, 0.05) is 23.1 Å². The van der Waals surface area contributed by atoms with E-state index in [4.69, 9.17) is 10.2 Å². The van der Waals surface area contributed by atoms with Gasteiger partial charge < -0.3 is 15.4 Å². The second kappa shape index (κ2) is 5.32. The van der Waals surface area contributed by atoms with E-state index >= 15 is 0 Å². The molecular formula is C15H13N3O5S. The van der Waals surface area contributed by atoms with Gasteiger partial charge in [0.2, 0.25) is 10.0 Å². The number of carboxylic acids is 1. The lowest BCUT2D eigenvalue weighted by molar-refractivity contribution is -0.110. The van der Waals surface area contributed by atoms with Crippen LogP contribution in [0.4, 0.5) is 5.69 Å². The van der Waals surface area contributed by atoms with Crippen molar-refractivity contribution >= 4 is 39.2 Å². The summed E-state index contributed by atoms with van der Waals surface area (Å²) in [7, 11) is -3.91. The molecule has 1 aliphatic rings. The molecule has 9 heteroatoms. The van der Waals surface area contributed by atoms with E-state index in [2.05, 4.69) is 10.3 Å². The van der Waals surface area contributed by atoms with Crippen LogP contribution in [0, 0.1) is 6.92 Å². The van der Waals surface area contributed by atoms with Crippen LogP contribution < -0.4 is 10.5 Å². The molecule has 1 aliphatic heterocycles. The number of nitrogens with one attached hydrogen (secondary N) is 2. The van der Waals surface area contributed by atoms with E-state index in [0.717, 1.165) is 0 Å². The van der Waals surface area contributed by atoms with E-state index in [0.29, 0.717) is 22.5 Å². The summed E-state index contributed by atoms with van der Waals surface area (Å²) in [6.07, 6.45) is 2.81. The van der Waals surface area contributed by atoms with Crippen molar-refractivity contribution in [1.29, 1.82) is 0 Å². The molecule has 0 bridgehead atoms. The average Bonchev–Trinajstić information content (AvgIpc) is 2.99. The van der Waals surface area contributed by atoms with Gasteiger partial charge in [-0.15, -0.1) is 0 Å². The Balaban J connectivity index is 2.14. The summed E-state index contributed by atoms with van der Waals surface area (Å²) in [5, 5.41) is 16.8. The van der Waals surface area contributed by atoms with Gasteiger partial charge in [-0.3, -0.25) is 4.79 Å². The van der Waals surface area contributed by atoms with Gasteiger partial charge in [-0.25, -0.2) is 18.4 Å². The maximum absolute atomic E-state index is 12.2. The molecule has 0 fully saturated rings. The molecule has 0 aliphatic carbocycles. The standard InChI is InChI=1S/C15H13N3O5S/c1-7-11(15(20)21)6-17-13(7)5-10-9-4-8(24(16,22)23)2-3-12(9)18-14(10)19/h2-6,17H,1H3,(H,18,19)(H,20,21)(H2,16,22,23). The van der Waals surface area contributed by atoms with Crippen LogP contribution in [0.5, 0.6) is 0 Å². The number of H-pyrrole nitrogens is 1. The van der Waals surface area contributed by atoms with E-state index in [-0.39, 0.29) is 16.0 Å². The van der Waals surface area contributed by atoms with Gasteiger partial charge in [0.25, 0.3) is 5.91 Å². The number of amides is 1. The van der Waals surface area contributed by atoms with E-state index in [1.807, 2.05) is 0 Å². The zero-order valence-corrected chi connectivity index (χ0v) is 13.3. The molecule has 0 radical (unpaired) electrons. The number of anilines is 1. The number of benzene rings is 1. The van der Waals surface area contributed by atoms with Crippen LogP contribution >= 0.6 is 0 Å². The second-order valence-corrected chi connectivity index (χ2v) is 6.87. The highest BCUT2D eigenvalue weighted by Gasteiger charge is 2.26. The molecule has 1 amide bonds.